The first-order chi connectivity index (χ1) is 14.3. The number of anilines is 1. The minimum absolute atomic E-state index is 0.0665. The first-order valence-electron chi connectivity index (χ1n) is 9.17. The van der Waals surface area contributed by atoms with Crippen molar-refractivity contribution in [1.82, 2.24) is 10.6 Å². The topological polar surface area (TPSA) is 114 Å². The second-order valence-electron chi connectivity index (χ2n) is 6.73. The van der Waals surface area contributed by atoms with Crippen molar-refractivity contribution in [3.05, 3.63) is 64.7 Å². The number of rotatable bonds is 7. The Morgan fingerprint density at radius 2 is 1.67 bits per heavy atom. The van der Waals surface area contributed by atoms with Crippen molar-refractivity contribution in [2.24, 2.45) is 5.92 Å². The van der Waals surface area contributed by atoms with Crippen LogP contribution in [0.25, 0.3) is 0 Å². The summed E-state index contributed by atoms with van der Waals surface area (Å²) in [6, 6.07) is 11.8. The van der Waals surface area contributed by atoms with Gasteiger partial charge in [0.25, 0.3) is 11.8 Å². The molecule has 30 heavy (non-hydrogen) atoms. The van der Waals surface area contributed by atoms with Crippen molar-refractivity contribution in [3.63, 3.8) is 0 Å². The van der Waals surface area contributed by atoms with E-state index in [1.165, 1.54) is 12.1 Å². The molecule has 0 saturated heterocycles. The summed E-state index contributed by atoms with van der Waals surface area (Å²) in [6.45, 7) is 3.58. The number of ether oxygens (including phenoxy) is 1. The Bertz CT molecular complexity index is 928. The summed E-state index contributed by atoms with van der Waals surface area (Å²) in [4.78, 5) is 48.1. The fraction of sp³-hybridized carbons (Fsp3) is 0.238. The third-order valence-electron chi connectivity index (χ3n) is 3.76. The summed E-state index contributed by atoms with van der Waals surface area (Å²) in [5.74, 6) is -1.80. The highest BCUT2D eigenvalue weighted by Crippen LogP contribution is 2.18. The van der Waals surface area contributed by atoms with E-state index in [4.69, 9.17) is 16.3 Å². The van der Waals surface area contributed by atoms with Crippen LogP contribution in [0.1, 0.15) is 34.6 Å². The third-order valence-corrected chi connectivity index (χ3v) is 4.01. The van der Waals surface area contributed by atoms with Crippen LogP contribution in [-0.2, 0) is 9.53 Å². The molecule has 2 aromatic carbocycles. The number of esters is 1. The average molecular weight is 432 g/mol. The minimum atomic E-state index is -0.820. The highest BCUT2D eigenvalue weighted by Gasteiger charge is 2.17. The number of hydrogen-bond acceptors (Lipinski definition) is 5. The number of hydrogen-bond donors (Lipinski definition) is 3. The van der Waals surface area contributed by atoms with E-state index in [0.29, 0.717) is 17.1 Å². The van der Waals surface area contributed by atoms with Gasteiger partial charge in [-0.25, -0.2) is 9.59 Å². The quantitative estimate of drug-likeness (QED) is 0.582. The predicted molar refractivity (Wildman–Crippen MR) is 113 cm³/mol. The van der Waals surface area contributed by atoms with Crippen LogP contribution >= 0.6 is 11.6 Å². The van der Waals surface area contributed by atoms with Gasteiger partial charge in [0.1, 0.15) is 0 Å². The second-order valence-corrected chi connectivity index (χ2v) is 7.17. The molecule has 0 radical (unpaired) electrons. The molecule has 158 valence electrons. The number of nitrogens with one attached hydrogen (secondary N) is 3. The molecule has 0 saturated carbocycles. The summed E-state index contributed by atoms with van der Waals surface area (Å²) in [5, 5.41) is 7.70. The smallest absolute Gasteiger partial charge is 0.340 e. The molecule has 0 fully saturated rings. The summed E-state index contributed by atoms with van der Waals surface area (Å²) >= 11 is 5.82. The molecule has 0 atom stereocenters. The molecule has 4 amide bonds. The van der Waals surface area contributed by atoms with E-state index in [0.717, 1.165) is 0 Å². The van der Waals surface area contributed by atoms with Crippen molar-refractivity contribution < 1.29 is 23.9 Å². The molecule has 2 rings (SSSR count). The van der Waals surface area contributed by atoms with E-state index in [-0.39, 0.29) is 17.2 Å². The SMILES string of the molecule is CC(C)CNC(=O)NC(=O)COC(=O)c1ccccc1NC(=O)c1ccc(Cl)cc1. The standard InChI is InChI=1S/C21H22ClN3O5/c1-13(2)11-23-21(29)25-18(26)12-30-20(28)16-5-3-4-6-17(16)24-19(27)14-7-9-15(22)10-8-14/h3-10,13H,11-12H2,1-2H3,(H,24,27)(H2,23,25,26,29). The van der Waals surface area contributed by atoms with Crippen LogP contribution in [0.2, 0.25) is 5.02 Å². The summed E-state index contributed by atoms with van der Waals surface area (Å²) < 4.78 is 4.96. The lowest BCUT2D eigenvalue weighted by Gasteiger charge is -2.11. The van der Waals surface area contributed by atoms with Gasteiger partial charge in [-0.15, -0.1) is 0 Å². The van der Waals surface area contributed by atoms with Gasteiger partial charge in [-0.1, -0.05) is 37.6 Å². The first kappa shape index (κ1) is 22.9. The van der Waals surface area contributed by atoms with Crippen LogP contribution in [0.4, 0.5) is 10.5 Å². The van der Waals surface area contributed by atoms with E-state index in [1.54, 1.807) is 36.4 Å². The minimum Gasteiger partial charge on any atom is -0.452 e. The van der Waals surface area contributed by atoms with Crippen molar-refractivity contribution in [2.75, 3.05) is 18.5 Å². The normalized spacial score (nSPS) is 10.3. The largest absolute Gasteiger partial charge is 0.452 e. The molecule has 0 aliphatic heterocycles. The van der Waals surface area contributed by atoms with Crippen LogP contribution in [0.3, 0.4) is 0 Å². The zero-order valence-electron chi connectivity index (χ0n) is 16.5. The molecule has 0 aromatic heterocycles. The summed E-state index contributed by atoms with van der Waals surface area (Å²) in [6.07, 6.45) is 0. The molecule has 3 N–H and O–H groups in total. The van der Waals surface area contributed by atoms with Crippen LogP contribution in [0, 0.1) is 5.92 Å². The average Bonchev–Trinajstić information content (AvgIpc) is 2.71. The van der Waals surface area contributed by atoms with E-state index in [9.17, 15) is 19.2 Å². The summed E-state index contributed by atoms with van der Waals surface area (Å²) in [5.41, 5.74) is 0.642. The molecular formula is C21H22ClN3O5. The van der Waals surface area contributed by atoms with Gasteiger partial charge >= 0.3 is 12.0 Å². The monoisotopic (exact) mass is 431 g/mol. The van der Waals surface area contributed by atoms with Crippen LogP contribution < -0.4 is 16.0 Å². The van der Waals surface area contributed by atoms with Gasteiger partial charge in [-0.3, -0.25) is 14.9 Å². The fourth-order valence-corrected chi connectivity index (χ4v) is 2.40. The van der Waals surface area contributed by atoms with E-state index in [2.05, 4.69) is 16.0 Å². The molecular weight excluding hydrogens is 410 g/mol. The number of urea groups is 1. The fourth-order valence-electron chi connectivity index (χ4n) is 2.28. The lowest BCUT2D eigenvalue weighted by molar-refractivity contribution is -0.123. The predicted octanol–water partition coefficient (Wildman–Crippen LogP) is 3.23. The molecule has 0 aliphatic rings. The lowest BCUT2D eigenvalue weighted by atomic mass is 10.1. The van der Waals surface area contributed by atoms with Gasteiger partial charge in [-0.05, 0) is 42.3 Å². The molecule has 9 heteroatoms. The second kappa shape index (κ2) is 11.0. The number of para-hydroxylation sites is 1. The van der Waals surface area contributed by atoms with Gasteiger partial charge in [0.05, 0.1) is 11.3 Å². The lowest BCUT2D eigenvalue weighted by Crippen LogP contribution is -2.42. The zero-order valence-corrected chi connectivity index (χ0v) is 17.3. The maximum absolute atomic E-state index is 12.4. The Kier molecular flexibility index (Phi) is 8.37. The van der Waals surface area contributed by atoms with E-state index in [1.807, 2.05) is 13.8 Å². The highest BCUT2D eigenvalue weighted by molar-refractivity contribution is 6.30. The number of amides is 4. The van der Waals surface area contributed by atoms with Gasteiger partial charge in [-0.2, -0.15) is 0 Å². The van der Waals surface area contributed by atoms with E-state index < -0.39 is 30.4 Å². The van der Waals surface area contributed by atoms with Gasteiger partial charge in [0.15, 0.2) is 6.61 Å². The van der Waals surface area contributed by atoms with Gasteiger partial charge in [0, 0.05) is 17.1 Å². The number of carbonyl (C=O) groups is 4. The third kappa shape index (κ3) is 7.21. The van der Waals surface area contributed by atoms with Gasteiger partial charge in [0.2, 0.25) is 0 Å². The van der Waals surface area contributed by atoms with Gasteiger partial charge < -0.3 is 15.4 Å². The van der Waals surface area contributed by atoms with E-state index >= 15 is 0 Å². The molecule has 0 heterocycles. The van der Waals surface area contributed by atoms with Crippen LogP contribution in [-0.4, -0.2) is 37.0 Å². The maximum Gasteiger partial charge on any atom is 0.340 e. The molecule has 0 spiro atoms. The highest BCUT2D eigenvalue weighted by atomic mass is 35.5. The Hall–Kier alpha value is -3.39. The zero-order chi connectivity index (χ0) is 22.1. The Morgan fingerprint density at radius 3 is 2.33 bits per heavy atom. The molecule has 0 aliphatic carbocycles. The van der Waals surface area contributed by atoms with Crippen molar-refractivity contribution in [1.29, 1.82) is 0 Å². The molecule has 8 nitrogen and oxygen atoms in total. The number of halogens is 1. The Balaban J connectivity index is 1.95. The maximum atomic E-state index is 12.4. The summed E-state index contributed by atoms with van der Waals surface area (Å²) in [7, 11) is 0. The molecule has 2 aromatic rings. The molecule has 0 bridgehead atoms. The van der Waals surface area contributed by atoms with Crippen molar-refractivity contribution >= 4 is 41.1 Å². The van der Waals surface area contributed by atoms with Crippen molar-refractivity contribution in [3.8, 4) is 0 Å². The van der Waals surface area contributed by atoms with Crippen LogP contribution in [0.15, 0.2) is 48.5 Å². The first-order valence-corrected chi connectivity index (χ1v) is 9.55. The molecule has 0 unspecified atom stereocenters. The van der Waals surface area contributed by atoms with Crippen molar-refractivity contribution in [2.45, 2.75) is 13.8 Å². The number of carbonyl (C=O) groups excluding carboxylic acids is 4. The Morgan fingerprint density at radius 1 is 1.00 bits per heavy atom. The number of benzene rings is 2. The Labute approximate surface area is 178 Å². The van der Waals surface area contributed by atoms with Crippen LogP contribution in [0.5, 0.6) is 0 Å². The number of imide groups is 1.